The minimum Gasteiger partial charge on any atom is -0.435 e. The van der Waals surface area contributed by atoms with E-state index in [1.807, 2.05) is 0 Å². The third kappa shape index (κ3) is 4.94. The molecule has 0 bridgehead atoms. The Morgan fingerprint density at radius 3 is 2.70 bits per heavy atom. The number of hydrogen-bond acceptors (Lipinski definition) is 4. The number of hydrogen-bond donors (Lipinski definition) is 2. The van der Waals surface area contributed by atoms with Crippen molar-refractivity contribution in [2.24, 2.45) is 0 Å². The van der Waals surface area contributed by atoms with Crippen molar-refractivity contribution in [1.29, 1.82) is 0 Å². The van der Waals surface area contributed by atoms with Gasteiger partial charge in [-0.25, -0.2) is 8.78 Å². The maximum atomic E-state index is 14.1. The van der Waals surface area contributed by atoms with E-state index in [-0.39, 0.29) is 36.7 Å². The zero-order valence-electron chi connectivity index (χ0n) is 14.1. The first-order valence-corrected chi connectivity index (χ1v) is 8.27. The zero-order valence-corrected chi connectivity index (χ0v) is 14.1. The van der Waals surface area contributed by atoms with Crippen LogP contribution in [0.4, 0.5) is 17.6 Å². The maximum absolute atomic E-state index is 14.1. The van der Waals surface area contributed by atoms with E-state index in [1.54, 1.807) is 0 Å². The first-order valence-electron chi connectivity index (χ1n) is 8.27. The van der Waals surface area contributed by atoms with Crippen LogP contribution < -0.4 is 15.4 Å². The molecule has 2 N–H and O–H groups in total. The molecule has 2 atom stereocenters. The van der Waals surface area contributed by atoms with Gasteiger partial charge in [-0.1, -0.05) is 12.1 Å². The SMILES string of the molecule is O=C(NCc1cc(-c2ccc(OC(F)F)cc2)c(F)cn1)C1CC(F)CN1. The molecular weight excluding hydrogens is 366 g/mol. The third-order valence-corrected chi connectivity index (χ3v) is 4.14. The Balaban J connectivity index is 1.68. The van der Waals surface area contributed by atoms with Crippen LogP contribution in [-0.4, -0.2) is 36.3 Å². The maximum Gasteiger partial charge on any atom is 0.387 e. The third-order valence-electron chi connectivity index (χ3n) is 4.14. The van der Waals surface area contributed by atoms with Crippen molar-refractivity contribution in [2.75, 3.05) is 6.54 Å². The summed E-state index contributed by atoms with van der Waals surface area (Å²) in [5, 5.41) is 5.41. The van der Waals surface area contributed by atoms with Crippen molar-refractivity contribution in [1.82, 2.24) is 15.6 Å². The number of pyridine rings is 1. The average Bonchev–Trinajstić information content (AvgIpc) is 3.07. The summed E-state index contributed by atoms with van der Waals surface area (Å²) >= 11 is 0. The standard InChI is InChI=1S/C18H17F4N3O2/c19-11-5-16(24-7-11)17(26)25-8-12-6-14(15(20)9-23-12)10-1-3-13(4-2-10)27-18(21)22/h1-4,6,9,11,16,18,24H,5,7-8H2,(H,25,26). The van der Waals surface area contributed by atoms with Crippen LogP contribution in [0.25, 0.3) is 11.1 Å². The largest absolute Gasteiger partial charge is 0.435 e. The van der Waals surface area contributed by atoms with E-state index in [9.17, 15) is 22.4 Å². The Kier molecular flexibility index (Phi) is 5.90. The lowest BCUT2D eigenvalue weighted by Crippen LogP contribution is -2.40. The predicted molar refractivity (Wildman–Crippen MR) is 89.4 cm³/mol. The van der Waals surface area contributed by atoms with Gasteiger partial charge in [0.2, 0.25) is 5.91 Å². The molecule has 1 saturated heterocycles. The van der Waals surface area contributed by atoms with E-state index in [0.717, 1.165) is 6.20 Å². The highest BCUT2D eigenvalue weighted by Crippen LogP contribution is 2.26. The van der Waals surface area contributed by atoms with Crippen LogP contribution in [0.2, 0.25) is 0 Å². The Labute approximate surface area is 152 Å². The molecule has 2 aromatic rings. The number of halogens is 4. The van der Waals surface area contributed by atoms with Crippen molar-refractivity contribution < 1.29 is 27.1 Å². The van der Waals surface area contributed by atoms with Crippen LogP contribution in [0.3, 0.4) is 0 Å². The van der Waals surface area contributed by atoms with Crippen LogP contribution in [0.5, 0.6) is 5.75 Å². The van der Waals surface area contributed by atoms with E-state index in [1.165, 1.54) is 30.3 Å². The fourth-order valence-corrected chi connectivity index (χ4v) is 2.81. The second kappa shape index (κ2) is 8.34. The number of rotatable bonds is 6. The molecule has 1 aromatic heterocycles. The van der Waals surface area contributed by atoms with E-state index in [0.29, 0.717) is 11.3 Å². The van der Waals surface area contributed by atoms with Gasteiger partial charge in [0.05, 0.1) is 24.5 Å². The number of ether oxygens (including phenoxy) is 1. The Morgan fingerprint density at radius 2 is 2.07 bits per heavy atom. The first kappa shape index (κ1) is 19.1. The van der Waals surface area contributed by atoms with Crippen molar-refractivity contribution in [3.8, 4) is 16.9 Å². The van der Waals surface area contributed by atoms with Crippen molar-refractivity contribution >= 4 is 5.91 Å². The summed E-state index contributed by atoms with van der Waals surface area (Å²) in [7, 11) is 0. The van der Waals surface area contributed by atoms with Gasteiger partial charge in [0.1, 0.15) is 17.7 Å². The van der Waals surface area contributed by atoms with Gasteiger partial charge in [0.25, 0.3) is 0 Å². The Hall–Kier alpha value is -2.68. The normalized spacial score (nSPS) is 19.3. The van der Waals surface area contributed by atoms with Crippen LogP contribution in [0.15, 0.2) is 36.5 Å². The van der Waals surface area contributed by atoms with Gasteiger partial charge in [0, 0.05) is 18.5 Å². The van der Waals surface area contributed by atoms with Crippen LogP contribution >= 0.6 is 0 Å². The highest BCUT2D eigenvalue weighted by Gasteiger charge is 2.28. The molecule has 0 aliphatic carbocycles. The lowest BCUT2D eigenvalue weighted by atomic mass is 10.1. The summed E-state index contributed by atoms with van der Waals surface area (Å²) in [6.45, 7) is -2.75. The van der Waals surface area contributed by atoms with Gasteiger partial charge in [-0.15, -0.1) is 0 Å². The van der Waals surface area contributed by atoms with Gasteiger partial charge in [-0.3, -0.25) is 9.78 Å². The fraction of sp³-hybridized carbons (Fsp3) is 0.333. The molecule has 27 heavy (non-hydrogen) atoms. The number of amides is 1. The molecule has 1 aliphatic heterocycles. The van der Waals surface area contributed by atoms with Gasteiger partial charge >= 0.3 is 6.61 Å². The van der Waals surface area contributed by atoms with E-state index in [2.05, 4.69) is 20.4 Å². The summed E-state index contributed by atoms with van der Waals surface area (Å²) in [5.41, 5.74) is 1.06. The highest BCUT2D eigenvalue weighted by molar-refractivity contribution is 5.82. The second-order valence-electron chi connectivity index (χ2n) is 6.07. The molecule has 3 rings (SSSR count). The number of carbonyl (C=O) groups is 1. The highest BCUT2D eigenvalue weighted by atomic mass is 19.3. The molecule has 1 aromatic carbocycles. The molecule has 0 saturated carbocycles. The van der Waals surface area contributed by atoms with Gasteiger partial charge in [-0.05, 0) is 23.8 Å². The second-order valence-corrected chi connectivity index (χ2v) is 6.07. The quantitative estimate of drug-likeness (QED) is 0.753. The minimum absolute atomic E-state index is 0.0362. The summed E-state index contributed by atoms with van der Waals surface area (Å²) in [6.07, 6.45) is 0.0839. The first-order chi connectivity index (χ1) is 12.9. The molecular formula is C18H17F4N3O2. The van der Waals surface area contributed by atoms with Gasteiger partial charge < -0.3 is 15.4 Å². The molecule has 5 nitrogen and oxygen atoms in total. The number of aromatic nitrogens is 1. The zero-order chi connectivity index (χ0) is 19.4. The molecule has 2 heterocycles. The minimum atomic E-state index is -2.94. The lowest BCUT2D eigenvalue weighted by Gasteiger charge is -2.12. The number of alkyl halides is 3. The smallest absolute Gasteiger partial charge is 0.387 e. The van der Waals surface area contributed by atoms with E-state index >= 15 is 0 Å². The van der Waals surface area contributed by atoms with Crippen LogP contribution in [-0.2, 0) is 11.3 Å². The molecule has 1 aliphatic rings. The monoisotopic (exact) mass is 383 g/mol. The summed E-state index contributed by atoms with van der Waals surface area (Å²) in [6, 6.07) is 6.37. The van der Waals surface area contributed by atoms with Crippen molar-refractivity contribution in [2.45, 2.75) is 31.8 Å². The van der Waals surface area contributed by atoms with E-state index in [4.69, 9.17) is 0 Å². The van der Waals surface area contributed by atoms with E-state index < -0.39 is 24.6 Å². The molecule has 1 fully saturated rings. The number of carbonyl (C=O) groups excluding carboxylic acids is 1. The van der Waals surface area contributed by atoms with Crippen LogP contribution in [0, 0.1) is 5.82 Å². The van der Waals surface area contributed by atoms with Gasteiger partial charge in [-0.2, -0.15) is 8.78 Å². The molecule has 0 spiro atoms. The Morgan fingerprint density at radius 1 is 1.33 bits per heavy atom. The number of nitrogens with zero attached hydrogens (tertiary/aromatic N) is 1. The predicted octanol–water partition coefficient (Wildman–Crippen LogP) is 2.81. The summed E-state index contributed by atoms with van der Waals surface area (Å²) < 4.78 is 55.9. The molecule has 1 amide bonds. The molecule has 2 unspecified atom stereocenters. The fourth-order valence-electron chi connectivity index (χ4n) is 2.81. The summed E-state index contributed by atoms with van der Waals surface area (Å²) in [4.78, 5) is 15.9. The molecule has 0 radical (unpaired) electrons. The van der Waals surface area contributed by atoms with Crippen molar-refractivity contribution in [3.05, 3.63) is 48.0 Å². The average molecular weight is 383 g/mol. The summed E-state index contributed by atoms with van der Waals surface area (Å²) in [5.74, 6) is -0.979. The van der Waals surface area contributed by atoms with Crippen molar-refractivity contribution in [3.63, 3.8) is 0 Å². The molecule has 9 heteroatoms. The van der Waals surface area contributed by atoms with Crippen LogP contribution in [0.1, 0.15) is 12.1 Å². The van der Waals surface area contributed by atoms with Gasteiger partial charge in [0.15, 0.2) is 0 Å². The number of benzene rings is 1. The topological polar surface area (TPSA) is 63.2 Å². The lowest BCUT2D eigenvalue weighted by molar-refractivity contribution is -0.123. The number of nitrogens with one attached hydrogen (secondary N) is 2. The molecule has 144 valence electrons. The Bertz CT molecular complexity index is 802.